The Kier molecular flexibility index (Phi) is 3.46. The third-order valence-corrected chi connectivity index (χ3v) is 5.85. The van der Waals surface area contributed by atoms with Crippen LogP contribution < -0.4 is 15.3 Å². The van der Waals surface area contributed by atoms with Crippen molar-refractivity contribution in [3.8, 4) is 0 Å². The van der Waals surface area contributed by atoms with E-state index in [0.29, 0.717) is 6.04 Å². The number of aromatic nitrogens is 1. The summed E-state index contributed by atoms with van der Waals surface area (Å²) in [6, 6.07) is 10.9. The number of amides is 1. The van der Waals surface area contributed by atoms with Gasteiger partial charge in [0, 0.05) is 30.7 Å². The first kappa shape index (κ1) is 16.5. The zero-order valence-corrected chi connectivity index (χ0v) is 16.0. The SMILES string of the molecule is Cc1cc(C2=CN(c3ccc4c(c3)N(C3CC3)C(=O)C4(C)C)NC2)ccn1. The van der Waals surface area contributed by atoms with Crippen molar-refractivity contribution in [2.24, 2.45) is 0 Å². The summed E-state index contributed by atoms with van der Waals surface area (Å²) in [5, 5.41) is 2.06. The van der Waals surface area contributed by atoms with Crippen LogP contribution >= 0.6 is 0 Å². The number of benzene rings is 1. The summed E-state index contributed by atoms with van der Waals surface area (Å²) in [7, 11) is 0. The van der Waals surface area contributed by atoms with Crippen molar-refractivity contribution in [1.29, 1.82) is 0 Å². The number of fused-ring (bicyclic) bond motifs is 1. The van der Waals surface area contributed by atoms with Crippen LogP contribution in [0, 0.1) is 6.92 Å². The fourth-order valence-electron chi connectivity index (χ4n) is 4.12. The topological polar surface area (TPSA) is 48.5 Å². The predicted molar refractivity (Wildman–Crippen MR) is 107 cm³/mol. The molecule has 5 rings (SSSR count). The molecule has 138 valence electrons. The van der Waals surface area contributed by atoms with Crippen molar-refractivity contribution in [2.45, 2.75) is 45.1 Å². The molecule has 1 saturated carbocycles. The largest absolute Gasteiger partial charge is 0.308 e. The minimum absolute atomic E-state index is 0.232. The summed E-state index contributed by atoms with van der Waals surface area (Å²) in [6.45, 7) is 6.86. The number of carbonyl (C=O) groups excluding carboxylic acids is 1. The van der Waals surface area contributed by atoms with Gasteiger partial charge >= 0.3 is 0 Å². The number of anilines is 2. The number of nitrogens with zero attached hydrogens (tertiary/aromatic N) is 3. The zero-order chi connectivity index (χ0) is 18.8. The van der Waals surface area contributed by atoms with Crippen LogP contribution in [0.4, 0.5) is 11.4 Å². The van der Waals surface area contributed by atoms with E-state index >= 15 is 0 Å². The first-order valence-corrected chi connectivity index (χ1v) is 9.60. The molecule has 0 bridgehead atoms. The average molecular weight is 360 g/mol. The molecule has 3 heterocycles. The first-order valence-electron chi connectivity index (χ1n) is 9.60. The maximum atomic E-state index is 12.9. The average Bonchev–Trinajstić information content (AvgIpc) is 3.31. The van der Waals surface area contributed by atoms with Crippen LogP contribution in [0.1, 0.15) is 43.5 Å². The molecule has 1 aliphatic carbocycles. The van der Waals surface area contributed by atoms with E-state index in [-0.39, 0.29) is 5.91 Å². The second kappa shape index (κ2) is 5.67. The summed E-state index contributed by atoms with van der Waals surface area (Å²) < 4.78 is 0. The molecule has 0 radical (unpaired) electrons. The second-order valence-electron chi connectivity index (χ2n) is 8.28. The van der Waals surface area contributed by atoms with Crippen LogP contribution in [0.25, 0.3) is 5.57 Å². The highest BCUT2D eigenvalue weighted by atomic mass is 16.2. The Morgan fingerprint density at radius 2 is 2.00 bits per heavy atom. The standard InChI is InChI=1S/C22H24N4O/c1-14-10-15(8-9-23-14)16-12-24-25(13-16)18-6-7-19-20(11-18)26(17-4-5-17)21(27)22(19,2)3/h6-11,13,17,24H,4-5,12H2,1-3H3. The minimum atomic E-state index is -0.440. The molecule has 1 aromatic carbocycles. The number of hydrogen-bond acceptors (Lipinski definition) is 4. The number of nitrogens with one attached hydrogen (secondary N) is 1. The number of pyridine rings is 1. The van der Waals surface area contributed by atoms with Crippen molar-refractivity contribution >= 4 is 22.9 Å². The first-order chi connectivity index (χ1) is 12.9. The Balaban J connectivity index is 1.50. The summed E-state index contributed by atoms with van der Waals surface area (Å²) in [6.07, 6.45) is 6.21. The maximum Gasteiger partial charge on any atom is 0.237 e. The van der Waals surface area contributed by atoms with E-state index in [1.54, 1.807) is 0 Å². The van der Waals surface area contributed by atoms with E-state index in [4.69, 9.17) is 0 Å². The van der Waals surface area contributed by atoms with Crippen molar-refractivity contribution < 1.29 is 4.79 Å². The Morgan fingerprint density at radius 3 is 2.74 bits per heavy atom. The normalized spacial score (nSPS) is 20.9. The molecule has 2 aliphatic heterocycles. The molecular formula is C22H24N4O. The molecular weight excluding hydrogens is 336 g/mol. The lowest BCUT2D eigenvalue weighted by molar-refractivity contribution is -0.122. The molecule has 5 heteroatoms. The molecule has 3 aliphatic rings. The molecule has 1 aromatic heterocycles. The Morgan fingerprint density at radius 1 is 1.19 bits per heavy atom. The van der Waals surface area contributed by atoms with E-state index < -0.39 is 5.41 Å². The summed E-state index contributed by atoms with van der Waals surface area (Å²) in [4.78, 5) is 19.3. The summed E-state index contributed by atoms with van der Waals surface area (Å²) >= 11 is 0. The van der Waals surface area contributed by atoms with Gasteiger partial charge in [-0.25, -0.2) is 5.43 Å². The quantitative estimate of drug-likeness (QED) is 0.909. The smallest absolute Gasteiger partial charge is 0.237 e. The Labute approximate surface area is 159 Å². The minimum Gasteiger partial charge on any atom is -0.308 e. The van der Waals surface area contributed by atoms with E-state index in [2.05, 4.69) is 45.9 Å². The van der Waals surface area contributed by atoms with Crippen LogP contribution in [0.2, 0.25) is 0 Å². The highest BCUT2D eigenvalue weighted by Gasteiger charge is 2.49. The molecule has 0 atom stereocenters. The van der Waals surface area contributed by atoms with Crippen molar-refractivity contribution in [1.82, 2.24) is 10.4 Å². The molecule has 2 aromatic rings. The highest BCUT2D eigenvalue weighted by Crippen LogP contribution is 2.47. The lowest BCUT2D eigenvalue weighted by atomic mass is 9.86. The molecule has 0 saturated heterocycles. The van der Waals surface area contributed by atoms with Crippen molar-refractivity contribution in [3.63, 3.8) is 0 Å². The third-order valence-electron chi connectivity index (χ3n) is 5.85. The van der Waals surface area contributed by atoms with Crippen molar-refractivity contribution in [3.05, 3.63) is 59.5 Å². The van der Waals surface area contributed by atoms with Gasteiger partial charge in [-0.15, -0.1) is 0 Å². The molecule has 5 nitrogen and oxygen atoms in total. The lowest BCUT2D eigenvalue weighted by Crippen LogP contribution is -2.37. The second-order valence-corrected chi connectivity index (χ2v) is 8.28. The summed E-state index contributed by atoms with van der Waals surface area (Å²) in [5.41, 5.74) is 9.72. The van der Waals surface area contributed by atoms with Gasteiger partial charge in [-0.1, -0.05) is 6.07 Å². The van der Waals surface area contributed by atoms with Gasteiger partial charge in [0.25, 0.3) is 0 Å². The van der Waals surface area contributed by atoms with Crippen LogP contribution in [0.3, 0.4) is 0 Å². The van der Waals surface area contributed by atoms with Crippen molar-refractivity contribution in [2.75, 3.05) is 16.5 Å². The number of rotatable bonds is 3. The Hall–Kier alpha value is -2.66. The van der Waals surface area contributed by atoms with Gasteiger partial charge in [-0.2, -0.15) is 0 Å². The van der Waals surface area contributed by atoms with Gasteiger partial charge in [-0.3, -0.25) is 14.8 Å². The lowest BCUT2D eigenvalue weighted by Gasteiger charge is -2.21. The number of carbonyl (C=O) groups is 1. The monoisotopic (exact) mass is 360 g/mol. The van der Waals surface area contributed by atoms with Gasteiger partial charge in [0.1, 0.15) is 0 Å². The number of hydrogen-bond donors (Lipinski definition) is 1. The van der Waals surface area contributed by atoms with Crippen LogP contribution in [0.15, 0.2) is 42.7 Å². The maximum absolute atomic E-state index is 12.9. The van der Waals surface area contributed by atoms with Gasteiger partial charge in [0.2, 0.25) is 5.91 Å². The van der Waals surface area contributed by atoms with Crippen LogP contribution in [-0.2, 0) is 10.2 Å². The van der Waals surface area contributed by atoms with Crippen LogP contribution in [0.5, 0.6) is 0 Å². The fourth-order valence-corrected chi connectivity index (χ4v) is 4.12. The zero-order valence-electron chi connectivity index (χ0n) is 16.0. The molecule has 1 amide bonds. The summed E-state index contributed by atoms with van der Waals surface area (Å²) in [5.74, 6) is 0.232. The van der Waals surface area contributed by atoms with E-state index in [1.165, 1.54) is 11.1 Å². The molecule has 1 N–H and O–H groups in total. The van der Waals surface area contributed by atoms with Gasteiger partial charge in [0.05, 0.1) is 16.8 Å². The highest BCUT2D eigenvalue weighted by molar-refractivity contribution is 6.08. The molecule has 0 spiro atoms. The number of aryl methyl sites for hydroxylation is 1. The van der Waals surface area contributed by atoms with E-state index in [1.807, 2.05) is 37.9 Å². The fraction of sp³-hybridized carbons (Fsp3) is 0.364. The van der Waals surface area contributed by atoms with Gasteiger partial charge in [-0.05, 0) is 74.6 Å². The third kappa shape index (κ3) is 2.57. The number of hydrazine groups is 1. The molecule has 1 fully saturated rings. The van der Waals surface area contributed by atoms with E-state index in [0.717, 1.165) is 42.0 Å². The molecule has 27 heavy (non-hydrogen) atoms. The van der Waals surface area contributed by atoms with Gasteiger partial charge in [0.15, 0.2) is 0 Å². The molecule has 0 unspecified atom stereocenters. The predicted octanol–water partition coefficient (Wildman–Crippen LogP) is 3.54. The van der Waals surface area contributed by atoms with Gasteiger partial charge < -0.3 is 4.90 Å². The van der Waals surface area contributed by atoms with E-state index in [9.17, 15) is 4.79 Å². The Bertz CT molecular complexity index is 974. The van der Waals surface area contributed by atoms with Crippen LogP contribution in [-0.4, -0.2) is 23.5 Å².